The van der Waals surface area contributed by atoms with Crippen LogP contribution in [-0.4, -0.2) is 11.0 Å². The minimum Gasteiger partial charge on any atom is -0.291 e. The van der Waals surface area contributed by atoms with Gasteiger partial charge in [0, 0.05) is 11.0 Å². The minimum absolute atomic E-state index is 0.230. The first-order valence-electron chi connectivity index (χ1n) is 5.58. The normalized spacial score (nSPS) is 23.6. The number of fused-ring (bicyclic) bond motifs is 1. The molecule has 1 aliphatic rings. The Bertz CT molecular complexity index is 482. The molecule has 0 aliphatic heterocycles. The van der Waals surface area contributed by atoms with Gasteiger partial charge in [0.1, 0.15) is 0 Å². The van der Waals surface area contributed by atoms with E-state index in [1.54, 1.807) is 6.08 Å². The van der Waals surface area contributed by atoms with Crippen molar-refractivity contribution in [1.29, 1.82) is 0 Å². The second kappa shape index (κ2) is 3.79. The number of carbonyl (C=O) groups excluding carboxylic acids is 1. The molecule has 1 unspecified atom stereocenters. The molecule has 3 nitrogen and oxygen atoms in total. The van der Waals surface area contributed by atoms with Crippen LogP contribution in [0.25, 0.3) is 6.08 Å². The van der Waals surface area contributed by atoms with Crippen LogP contribution in [0.5, 0.6) is 0 Å². The van der Waals surface area contributed by atoms with Crippen LogP contribution in [0, 0.1) is 5.41 Å². The van der Waals surface area contributed by atoms with E-state index in [9.17, 15) is 10.1 Å². The summed E-state index contributed by atoms with van der Waals surface area (Å²) in [5, 5.41) is 9.34. The predicted octanol–water partition coefficient (Wildman–Crippen LogP) is 3.01. The fourth-order valence-electron chi connectivity index (χ4n) is 2.38. The Morgan fingerprint density at radius 3 is 2.41 bits per heavy atom. The van der Waals surface area contributed by atoms with Gasteiger partial charge in [-0.1, -0.05) is 51.1 Å². The fraction of sp³-hybridized carbons (Fsp3) is 0.357. The number of carbonyl (C=O) groups is 1. The van der Waals surface area contributed by atoms with Gasteiger partial charge < -0.3 is 0 Å². The molecule has 0 radical (unpaired) electrons. The Labute approximate surface area is 101 Å². The van der Waals surface area contributed by atoms with Crippen molar-refractivity contribution in [3.8, 4) is 0 Å². The Hall–Kier alpha value is -1.45. The zero-order valence-corrected chi connectivity index (χ0v) is 10.2. The highest BCUT2D eigenvalue weighted by Gasteiger charge is 2.53. The van der Waals surface area contributed by atoms with E-state index in [2.05, 4.69) is 4.89 Å². The molecule has 1 aromatic rings. The maximum atomic E-state index is 12.2. The highest BCUT2D eigenvalue weighted by Crippen LogP contribution is 2.46. The summed E-state index contributed by atoms with van der Waals surface area (Å²) < 4.78 is 0. The van der Waals surface area contributed by atoms with Gasteiger partial charge in [-0.05, 0) is 11.6 Å². The summed E-state index contributed by atoms with van der Waals surface area (Å²) >= 11 is 0. The van der Waals surface area contributed by atoms with Crippen molar-refractivity contribution < 1.29 is 14.9 Å². The summed E-state index contributed by atoms with van der Waals surface area (Å²) in [5.74, 6) is -0.230. The Balaban J connectivity index is 2.75. The zero-order chi connectivity index (χ0) is 12.7. The largest absolute Gasteiger partial charge is 0.291 e. The van der Waals surface area contributed by atoms with Crippen LogP contribution < -0.4 is 0 Å². The smallest absolute Gasteiger partial charge is 0.195 e. The number of hydrogen-bond donors (Lipinski definition) is 1. The molecule has 2 rings (SSSR count). The van der Waals surface area contributed by atoms with Crippen molar-refractivity contribution >= 4 is 11.9 Å². The first-order valence-corrected chi connectivity index (χ1v) is 5.58. The monoisotopic (exact) mass is 232 g/mol. The quantitative estimate of drug-likeness (QED) is 0.598. The van der Waals surface area contributed by atoms with E-state index in [-0.39, 0.29) is 5.78 Å². The average Bonchev–Trinajstić information content (AvgIpc) is 2.27. The summed E-state index contributed by atoms with van der Waals surface area (Å²) in [6.45, 7) is 5.62. The Morgan fingerprint density at radius 2 is 1.82 bits per heavy atom. The maximum absolute atomic E-state index is 12.2. The highest BCUT2D eigenvalue weighted by atomic mass is 17.1. The van der Waals surface area contributed by atoms with Gasteiger partial charge in [0.25, 0.3) is 0 Å². The molecule has 0 spiro atoms. The average molecular weight is 232 g/mol. The van der Waals surface area contributed by atoms with Crippen molar-refractivity contribution in [3.63, 3.8) is 0 Å². The summed E-state index contributed by atoms with van der Waals surface area (Å²) in [6.07, 6.45) is 3.21. The lowest BCUT2D eigenvalue weighted by atomic mass is 9.66. The third-order valence-electron chi connectivity index (χ3n) is 3.29. The van der Waals surface area contributed by atoms with Gasteiger partial charge in [0.15, 0.2) is 11.4 Å². The van der Waals surface area contributed by atoms with E-state index in [0.29, 0.717) is 5.56 Å². The van der Waals surface area contributed by atoms with Gasteiger partial charge >= 0.3 is 0 Å². The molecular weight excluding hydrogens is 216 g/mol. The molecule has 0 heterocycles. The van der Waals surface area contributed by atoms with Crippen molar-refractivity contribution in [2.45, 2.75) is 26.4 Å². The molecule has 1 aromatic carbocycles. The third-order valence-corrected chi connectivity index (χ3v) is 3.29. The molecular formula is C14H16O3. The molecule has 17 heavy (non-hydrogen) atoms. The highest BCUT2D eigenvalue weighted by molar-refractivity contribution is 6.04. The fourth-order valence-corrected chi connectivity index (χ4v) is 2.38. The van der Waals surface area contributed by atoms with Crippen LogP contribution in [0.2, 0.25) is 0 Å². The van der Waals surface area contributed by atoms with Crippen LogP contribution in [0.4, 0.5) is 0 Å². The van der Waals surface area contributed by atoms with E-state index in [0.717, 1.165) is 5.56 Å². The molecule has 3 heteroatoms. The molecule has 0 amide bonds. The van der Waals surface area contributed by atoms with Crippen molar-refractivity contribution in [3.05, 3.63) is 41.5 Å². The van der Waals surface area contributed by atoms with Crippen LogP contribution in [0.3, 0.4) is 0 Å². The van der Waals surface area contributed by atoms with Crippen molar-refractivity contribution in [1.82, 2.24) is 0 Å². The van der Waals surface area contributed by atoms with Gasteiger partial charge in [-0.25, -0.2) is 4.89 Å². The van der Waals surface area contributed by atoms with Crippen molar-refractivity contribution in [2.75, 3.05) is 0 Å². The van der Waals surface area contributed by atoms with Crippen LogP contribution >= 0.6 is 0 Å². The molecule has 1 atom stereocenters. The lowest BCUT2D eigenvalue weighted by molar-refractivity contribution is -0.339. The standard InChI is InChI=1S/C14H16O3/c1-13(2,3)14(17-16)11-7-5-4-6-10(11)8-9-12(14)15/h4-9,16H,1-3H3. The van der Waals surface area contributed by atoms with Crippen LogP contribution in [-0.2, 0) is 15.3 Å². The first-order chi connectivity index (χ1) is 7.93. The molecule has 0 aromatic heterocycles. The zero-order valence-electron chi connectivity index (χ0n) is 10.2. The summed E-state index contributed by atoms with van der Waals surface area (Å²) in [6, 6.07) is 7.45. The van der Waals surface area contributed by atoms with E-state index in [4.69, 9.17) is 0 Å². The van der Waals surface area contributed by atoms with Gasteiger partial charge in [0.2, 0.25) is 0 Å². The summed E-state index contributed by atoms with van der Waals surface area (Å²) in [7, 11) is 0. The second-order valence-corrected chi connectivity index (χ2v) is 5.31. The van der Waals surface area contributed by atoms with Gasteiger partial charge in [-0.2, -0.15) is 0 Å². The Kier molecular flexibility index (Phi) is 2.68. The SMILES string of the molecule is CC(C)(C)C1(OO)C(=O)C=Cc2ccccc21. The van der Waals surface area contributed by atoms with E-state index >= 15 is 0 Å². The molecule has 0 fully saturated rings. The van der Waals surface area contributed by atoms with Gasteiger partial charge in [-0.15, -0.1) is 0 Å². The first kappa shape index (κ1) is 12.0. The van der Waals surface area contributed by atoms with Crippen LogP contribution in [0.15, 0.2) is 30.3 Å². The minimum atomic E-state index is -1.32. The number of benzene rings is 1. The number of hydrogen-bond acceptors (Lipinski definition) is 3. The summed E-state index contributed by atoms with van der Waals surface area (Å²) in [5.41, 5.74) is -0.253. The lowest BCUT2D eigenvalue weighted by Crippen LogP contribution is -2.49. The van der Waals surface area contributed by atoms with Crippen LogP contribution in [0.1, 0.15) is 31.9 Å². The van der Waals surface area contributed by atoms with Crippen molar-refractivity contribution in [2.24, 2.45) is 5.41 Å². The molecule has 0 saturated carbocycles. The number of rotatable bonds is 1. The lowest BCUT2D eigenvalue weighted by Gasteiger charge is -2.42. The third kappa shape index (κ3) is 1.54. The molecule has 0 bridgehead atoms. The molecule has 1 aliphatic carbocycles. The molecule has 0 saturated heterocycles. The topological polar surface area (TPSA) is 46.5 Å². The molecule has 1 N–H and O–H groups in total. The summed E-state index contributed by atoms with van der Waals surface area (Å²) in [4.78, 5) is 16.9. The van der Waals surface area contributed by atoms with Gasteiger partial charge in [-0.3, -0.25) is 10.1 Å². The van der Waals surface area contributed by atoms with E-state index < -0.39 is 11.0 Å². The van der Waals surface area contributed by atoms with E-state index in [1.807, 2.05) is 45.0 Å². The number of ketones is 1. The maximum Gasteiger partial charge on any atom is 0.195 e. The predicted molar refractivity (Wildman–Crippen MR) is 65.3 cm³/mol. The molecule has 90 valence electrons. The van der Waals surface area contributed by atoms with Gasteiger partial charge in [0.05, 0.1) is 0 Å². The second-order valence-electron chi connectivity index (χ2n) is 5.31. The Morgan fingerprint density at radius 1 is 1.18 bits per heavy atom. The van der Waals surface area contributed by atoms with E-state index in [1.165, 1.54) is 6.08 Å².